The average Bonchev–Trinajstić information content (AvgIpc) is 2.87. The van der Waals surface area contributed by atoms with Crippen molar-refractivity contribution in [1.82, 2.24) is 10.3 Å². The Balaban J connectivity index is 2.01. The minimum Gasteiger partial charge on any atom is -0.329 e. The summed E-state index contributed by atoms with van der Waals surface area (Å²) in [7, 11) is 0. The molecule has 0 saturated carbocycles. The smallest absolute Gasteiger partial charge is 0.0945 e. The molecule has 2 rings (SSSR count). The van der Waals surface area contributed by atoms with Gasteiger partial charge in [0, 0.05) is 37.0 Å². The number of hydrogen-bond donors (Lipinski definition) is 2. The van der Waals surface area contributed by atoms with Crippen molar-refractivity contribution in [1.29, 1.82) is 0 Å². The van der Waals surface area contributed by atoms with Crippen molar-refractivity contribution in [3.8, 4) is 11.3 Å². The SMILES string of the molecule is Cc1ccc(-c2csc(CCNCCN)n2)cc1C. The molecule has 0 atom stereocenters. The van der Waals surface area contributed by atoms with E-state index in [-0.39, 0.29) is 0 Å². The summed E-state index contributed by atoms with van der Waals surface area (Å²) in [6, 6.07) is 6.52. The standard InChI is InChI=1S/C15H21N3S/c1-11-3-4-13(9-12(11)2)14-10-19-15(18-14)5-7-17-8-6-16/h3-4,9-10,17H,5-8,16H2,1-2H3. The van der Waals surface area contributed by atoms with Crippen LogP contribution in [0.4, 0.5) is 0 Å². The van der Waals surface area contributed by atoms with Crippen LogP contribution in [0.3, 0.4) is 0 Å². The third-order valence-electron chi connectivity index (χ3n) is 3.19. The van der Waals surface area contributed by atoms with Crippen molar-refractivity contribution in [3.05, 3.63) is 39.7 Å². The van der Waals surface area contributed by atoms with Gasteiger partial charge in [0.15, 0.2) is 0 Å². The molecule has 3 nitrogen and oxygen atoms in total. The summed E-state index contributed by atoms with van der Waals surface area (Å²) in [5.74, 6) is 0. The molecule has 0 unspecified atom stereocenters. The molecule has 0 aliphatic heterocycles. The van der Waals surface area contributed by atoms with Crippen LogP contribution in [0.15, 0.2) is 23.6 Å². The van der Waals surface area contributed by atoms with Crippen LogP contribution in [-0.4, -0.2) is 24.6 Å². The lowest BCUT2D eigenvalue weighted by Crippen LogP contribution is -2.24. The summed E-state index contributed by atoms with van der Waals surface area (Å²) >= 11 is 1.73. The van der Waals surface area contributed by atoms with Gasteiger partial charge in [0.25, 0.3) is 0 Å². The van der Waals surface area contributed by atoms with E-state index in [1.807, 2.05) is 0 Å². The largest absolute Gasteiger partial charge is 0.329 e. The van der Waals surface area contributed by atoms with Gasteiger partial charge in [-0.25, -0.2) is 4.98 Å². The lowest BCUT2D eigenvalue weighted by atomic mass is 10.1. The molecule has 19 heavy (non-hydrogen) atoms. The van der Waals surface area contributed by atoms with E-state index in [1.165, 1.54) is 21.7 Å². The Hall–Kier alpha value is -1.23. The maximum atomic E-state index is 5.44. The molecular formula is C15H21N3S. The number of hydrogen-bond acceptors (Lipinski definition) is 4. The number of nitrogens with one attached hydrogen (secondary N) is 1. The van der Waals surface area contributed by atoms with E-state index in [9.17, 15) is 0 Å². The third kappa shape index (κ3) is 3.86. The van der Waals surface area contributed by atoms with Gasteiger partial charge in [-0.1, -0.05) is 12.1 Å². The zero-order valence-corrected chi connectivity index (χ0v) is 12.4. The molecule has 0 fully saturated rings. The fraction of sp³-hybridized carbons (Fsp3) is 0.400. The van der Waals surface area contributed by atoms with Crippen LogP contribution in [0.2, 0.25) is 0 Å². The molecular weight excluding hydrogens is 254 g/mol. The molecule has 0 spiro atoms. The first-order chi connectivity index (χ1) is 9.20. The predicted molar refractivity (Wildman–Crippen MR) is 82.7 cm³/mol. The Morgan fingerprint density at radius 1 is 1.21 bits per heavy atom. The second-order valence-corrected chi connectivity index (χ2v) is 5.66. The maximum absolute atomic E-state index is 5.44. The minimum absolute atomic E-state index is 0.686. The molecule has 0 radical (unpaired) electrons. The van der Waals surface area contributed by atoms with Crippen LogP contribution in [0, 0.1) is 13.8 Å². The number of thiazole rings is 1. The highest BCUT2D eigenvalue weighted by Gasteiger charge is 2.05. The van der Waals surface area contributed by atoms with Crippen LogP contribution in [-0.2, 0) is 6.42 Å². The van der Waals surface area contributed by atoms with E-state index in [0.29, 0.717) is 6.54 Å². The van der Waals surface area contributed by atoms with Gasteiger partial charge in [0.1, 0.15) is 0 Å². The molecule has 0 aliphatic carbocycles. The fourth-order valence-corrected chi connectivity index (χ4v) is 2.69. The minimum atomic E-state index is 0.686. The van der Waals surface area contributed by atoms with E-state index in [0.717, 1.165) is 25.2 Å². The molecule has 1 heterocycles. The van der Waals surface area contributed by atoms with Crippen LogP contribution < -0.4 is 11.1 Å². The highest BCUT2D eigenvalue weighted by atomic mass is 32.1. The topological polar surface area (TPSA) is 50.9 Å². The van der Waals surface area contributed by atoms with Crippen molar-refractivity contribution in [2.45, 2.75) is 20.3 Å². The van der Waals surface area contributed by atoms with Crippen molar-refractivity contribution in [3.63, 3.8) is 0 Å². The average molecular weight is 275 g/mol. The van der Waals surface area contributed by atoms with Crippen LogP contribution >= 0.6 is 11.3 Å². The summed E-state index contributed by atoms with van der Waals surface area (Å²) < 4.78 is 0. The fourth-order valence-electron chi connectivity index (χ4n) is 1.88. The second kappa shape index (κ2) is 6.80. The van der Waals surface area contributed by atoms with Gasteiger partial charge in [0.05, 0.1) is 10.7 Å². The summed E-state index contributed by atoms with van der Waals surface area (Å²) in [6.07, 6.45) is 0.968. The molecule has 1 aromatic heterocycles. The lowest BCUT2D eigenvalue weighted by Gasteiger charge is -2.02. The molecule has 1 aromatic carbocycles. The number of benzene rings is 1. The zero-order chi connectivity index (χ0) is 13.7. The van der Waals surface area contributed by atoms with Gasteiger partial charge in [-0.05, 0) is 31.0 Å². The number of rotatable bonds is 6. The molecule has 2 aromatic rings. The Morgan fingerprint density at radius 3 is 2.79 bits per heavy atom. The Kier molecular flexibility index (Phi) is 5.07. The van der Waals surface area contributed by atoms with Crippen LogP contribution in [0.25, 0.3) is 11.3 Å². The van der Waals surface area contributed by atoms with Gasteiger partial charge in [-0.15, -0.1) is 11.3 Å². The molecule has 0 amide bonds. The first-order valence-corrected chi connectivity index (χ1v) is 7.51. The zero-order valence-electron chi connectivity index (χ0n) is 11.6. The Morgan fingerprint density at radius 2 is 2.05 bits per heavy atom. The van der Waals surface area contributed by atoms with E-state index < -0.39 is 0 Å². The van der Waals surface area contributed by atoms with E-state index in [4.69, 9.17) is 10.7 Å². The number of nitrogens with zero attached hydrogens (tertiary/aromatic N) is 1. The molecule has 3 N–H and O–H groups in total. The van der Waals surface area contributed by atoms with Crippen molar-refractivity contribution < 1.29 is 0 Å². The highest BCUT2D eigenvalue weighted by molar-refractivity contribution is 7.09. The Labute approximate surface area is 118 Å². The van der Waals surface area contributed by atoms with Gasteiger partial charge in [0.2, 0.25) is 0 Å². The molecule has 0 saturated heterocycles. The van der Waals surface area contributed by atoms with Gasteiger partial charge in [-0.3, -0.25) is 0 Å². The molecule has 0 aliphatic rings. The quantitative estimate of drug-likeness (QED) is 0.797. The predicted octanol–water partition coefficient (Wildman–Crippen LogP) is 2.52. The van der Waals surface area contributed by atoms with Crippen molar-refractivity contribution in [2.75, 3.05) is 19.6 Å². The summed E-state index contributed by atoms with van der Waals surface area (Å²) in [4.78, 5) is 4.70. The van der Waals surface area contributed by atoms with Gasteiger partial charge in [-0.2, -0.15) is 0 Å². The number of aromatic nitrogens is 1. The summed E-state index contributed by atoms with van der Waals surface area (Å²) in [5, 5.41) is 6.61. The Bertz CT molecular complexity index is 534. The van der Waals surface area contributed by atoms with Gasteiger partial charge >= 0.3 is 0 Å². The van der Waals surface area contributed by atoms with Gasteiger partial charge < -0.3 is 11.1 Å². The summed E-state index contributed by atoms with van der Waals surface area (Å²) in [5.41, 5.74) is 10.4. The highest BCUT2D eigenvalue weighted by Crippen LogP contribution is 2.24. The second-order valence-electron chi connectivity index (χ2n) is 4.71. The molecule has 4 heteroatoms. The number of aryl methyl sites for hydroxylation is 2. The molecule has 0 bridgehead atoms. The lowest BCUT2D eigenvalue weighted by molar-refractivity contribution is 0.687. The number of nitrogens with two attached hydrogens (primary N) is 1. The third-order valence-corrected chi connectivity index (χ3v) is 4.10. The first kappa shape index (κ1) is 14.2. The summed E-state index contributed by atoms with van der Waals surface area (Å²) in [6.45, 7) is 6.77. The molecule has 102 valence electrons. The van der Waals surface area contributed by atoms with E-state index >= 15 is 0 Å². The monoisotopic (exact) mass is 275 g/mol. The van der Waals surface area contributed by atoms with Crippen LogP contribution in [0.5, 0.6) is 0 Å². The maximum Gasteiger partial charge on any atom is 0.0945 e. The normalized spacial score (nSPS) is 10.9. The van der Waals surface area contributed by atoms with Crippen molar-refractivity contribution >= 4 is 11.3 Å². The van der Waals surface area contributed by atoms with E-state index in [1.54, 1.807) is 11.3 Å². The van der Waals surface area contributed by atoms with E-state index in [2.05, 4.69) is 42.7 Å². The van der Waals surface area contributed by atoms with Crippen LogP contribution in [0.1, 0.15) is 16.1 Å². The van der Waals surface area contributed by atoms with Crippen molar-refractivity contribution in [2.24, 2.45) is 5.73 Å². The first-order valence-electron chi connectivity index (χ1n) is 6.63.